The first-order valence-electron chi connectivity index (χ1n) is 37.5. The van der Waals surface area contributed by atoms with Gasteiger partial charge in [-0.3, -0.25) is 4.57 Å². The molecule has 0 aliphatic carbocycles. The fourth-order valence-corrected chi connectivity index (χ4v) is 12.4. The average molecular weight is 945 g/mol. The Bertz CT molecular complexity index is 6000. The quantitative estimate of drug-likeness (QED) is 0.112. The summed E-state index contributed by atoms with van der Waals surface area (Å²) in [6.45, 7) is 0. The molecule has 14 rings (SSSR count). The fourth-order valence-electron chi connectivity index (χ4n) is 8.85. The van der Waals surface area contributed by atoms with Crippen LogP contribution in [0.1, 0.15) is 45.2 Å². The summed E-state index contributed by atoms with van der Waals surface area (Å²) in [5, 5.41) is -6.11. The first-order valence-corrected chi connectivity index (χ1v) is 23.0. The van der Waals surface area contributed by atoms with E-state index in [1.165, 1.54) is 30.3 Å². The molecular weight excluding hydrogens is 871 g/mol. The van der Waals surface area contributed by atoms with Crippen LogP contribution in [-0.2, 0) is 0 Å². The van der Waals surface area contributed by atoms with Crippen molar-refractivity contribution >= 4 is 94.4 Å². The highest BCUT2D eigenvalue weighted by Gasteiger charge is 2.41. The summed E-state index contributed by atoms with van der Waals surface area (Å²) in [6, 6.07) is -23.2. The maximum Gasteiger partial charge on any atom is 0.238 e. The number of hydrogen-bond donors (Lipinski definition) is 0. The third-order valence-corrected chi connectivity index (χ3v) is 15.8. The van der Waals surface area contributed by atoms with Gasteiger partial charge in [-0.15, -0.1) is 0 Å². The van der Waals surface area contributed by atoms with Crippen LogP contribution in [0.25, 0.3) is 100.0 Å². The summed E-state index contributed by atoms with van der Waals surface area (Å²) in [5.41, 5.74) is -3.83. The molecule has 328 valence electrons. The topological polar surface area (TPSA) is 61.7 Å². The Morgan fingerprint density at radius 2 is 0.900 bits per heavy atom. The Kier molecular flexibility index (Phi) is 4.35. The zero-order valence-corrected chi connectivity index (χ0v) is 36.3. The van der Waals surface area contributed by atoms with Crippen molar-refractivity contribution in [2.45, 2.75) is 0 Å². The third kappa shape index (κ3) is 6.08. The van der Waals surface area contributed by atoms with Crippen molar-refractivity contribution in [3.8, 4) is 34.4 Å². The van der Waals surface area contributed by atoms with Crippen molar-refractivity contribution in [3.63, 3.8) is 0 Å². The molecule has 0 aliphatic rings. The van der Waals surface area contributed by atoms with E-state index >= 15 is 0 Å². The van der Waals surface area contributed by atoms with Crippen molar-refractivity contribution in [3.05, 3.63) is 248 Å². The van der Waals surface area contributed by atoms with Gasteiger partial charge < -0.3 is 8.98 Å². The van der Waals surface area contributed by atoms with E-state index in [2.05, 4.69) is 0 Å². The van der Waals surface area contributed by atoms with Gasteiger partial charge in [0.15, 0.2) is 19.7 Å². The smallest absolute Gasteiger partial charge is 0.238 e. The summed E-state index contributed by atoms with van der Waals surface area (Å²) in [5.74, 6) is -2.69. The lowest BCUT2D eigenvalue weighted by atomic mass is 10.1. The summed E-state index contributed by atoms with van der Waals surface area (Å²) in [6.07, 6.45) is 0. The van der Waals surface area contributed by atoms with E-state index in [0.717, 1.165) is 9.13 Å². The van der Waals surface area contributed by atoms with Crippen molar-refractivity contribution in [2.24, 2.45) is 0 Å². The molecule has 0 radical (unpaired) electrons. The van der Waals surface area contributed by atoms with Crippen LogP contribution in [-0.4, -0.2) is 32.2 Å². The Labute approximate surface area is 450 Å². The van der Waals surface area contributed by atoms with Gasteiger partial charge >= 0.3 is 0 Å². The second kappa shape index (κ2) is 16.0. The normalized spacial score (nSPS) is 18.6. The number of para-hydroxylation sites is 5. The maximum atomic E-state index is 10.8. The van der Waals surface area contributed by atoms with E-state index in [1.807, 2.05) is 0 Å². The van der Waals surface area contributed by atoms with E-state index in [9.17, 15) is 24.7 Å². The predicted octanol–water partition coefficient (Wildman–Crippen LogP) is 12.7. The minimum absolute atomic E-state index is 0.00122. The Hall–Kier alpha value is -9.17. The zero-order valence-electron chi connectivity index (χ0n) is 68.3. The SMILES string of the molecule is [2H]c1c([2H])c([2H])c([Si](c2c([2H])c([2H])c([2H])c([2H])c2[2H])(c2c([2H])c([2H])c([2H])c([2H])c2[2H])c2c([2H])c([2H])c([2H])c(-c3nc(-c4ccccc4-n4c5c([2H])c([2H])c([2H])c([2H])c5c5c([2H])c([2H])c([2H])c([2H])c54)nc(-n4c5c([2H])c([2H])c([2H])c([2H])c5c5c([2H])c6c(oc7ccccc76)c([2H])c54)n3)c2[2H])c([2H])c1[2H]. The molecule has 10 aromatic carbocycles. The van der Waals surface area contributed by atoms with Gasteiger partial charge in [-0.25, -0.2) is 4.98 Å². The highest BCUT2D eigenvalue weighted by molar-refractivity contribution is 7.19. The molecule has 0 bridgehead atoms. The molecule has 0 atom stereocenters. The van der Waals surface area contributed by atoms with Gasteiger partial charge in [-0.05, 0) is 63.1 Å². The number of hydrogen-bond acceptors (Lipinski definition) is 4. The number of fused-ring (bicyclic) bond motifs is 9. The molecule has 4 heterocycles. The summed E-state index contributed by atoms with van der Waals surface area (Å²) in [7, 11) is -6.58. The Morgan fingerprint density at radius 1 is 0.371 bits per heavy atom. The summed E-state index contributed by atoms with van der Waals surface area (Å²) in [4.78, 5) is 14.5. The average Bonchev–Trinajstić information content (AvgIpc) is 1.41. The number of furan rings is 1. The molecule has 0 aliphatic heterocycles. The van der Waals surface area contributed by atoms with Crippen LogP contribution < -0.4 is 20.7 Å². The molecule has 0 spiro atoms. The van der Waals surface area contributed by atoms with Crippen LogP contribution in [0.15, 0.2) is 252 Å². The van der Waals surface area contributed by atoms with Crippen molar-refractivity contribution in [1.29, 1.82) is 0 Å². The van der Waals surface area contributed by atoms with Gasteiger partial charge in [0, 0.05) is 49.5 Å². The zero-order chi connectivity index (χ0) is 74.9. The van der Waals surface area contributed by atoms with Crippen LogP contribution in [0.5, 0.6) is 0 Å². The van der Waals surface area contributed by atoms with Gasteiger partial charge in [0.05, 0.1) is 73.0 Å². The lowest BCUT2D eigenvalue weighted by molar-refractivity contribution is 0.669. The van der Waals surface area contributed by atoms with E-state index in [4.69, 9.17) is 39.9 Å². The summed E-state index contributed by atoms with van der Waals surface area (Å²) < 4.78 is 318. The molecule has 0 amide bonds. The number of benzene rings is 10. The molecule has 70 heavy (non-hydrogen) atoms. The maximum absolute atomic E-state index is 10.8. The largest absolute Gasteiger partial charge is 0.456 e. The van der Waals surface area contributed by atoms with Crippen LogP contribution >= 0.6 is 0 Å². The number of aromatic nitrogens is 5. The highest BCUT2D eigenvalue weighted by atomic mass is 28.3. The molecule has 0 fully saturated rings. The van der Waals surface area contributed by atoms with E-state index in [-0.39, 0.29) is 33.2 Å². The molecule has 6 nitrogen and oxygen atoms in total. The lowest BCUT2D eigenvalue weighted by Gasteiger charge is -2.34. The second-order valence-electron chi connectivity index (χ2n) is 15.4. The van der Waals surface area contributed by atoms with Gasteiger partial charge in [-0.2, -0.15) is 9.97 Å². The molecule has 0 N–H and O–H groups in total. The third-order valence-electron chi connectivity index (χ3n) is 11.8. The van der Waals surface area contributed by atoms with Gasteiger partial charge in [0.2, 0.25) is 5.95 Å². The van der Waals surface area contributed by atoms with E-state index < -0.39 is 290 Å². The van der Waals surface area contributed by atoms with Crippen LogP contribution in [0.2, 0.25) is 0 Å². The number of rotatable bonds is 8. The fraction of sp³-hybridized carbons (Fsp3) is 0. The minimum Gasteiger partial charge on any atom is -0.456 e. The van der Waals surface area contributed by atoms with Gasteiger partial charge in [-0.1, -0.05) is 200 Å². The Morgan fingerprint density at radius 3 is 1.56 bits per heavy atom. The second-order valence-corrected chi connectivity index (χ2v) is 18.9. The first-order chi connectivity index (χ1) is 48.4. The molecule has 7 heteroatoms. The monoisotopic (exact) mass is 945 g/mol. The Balaban J connectivity index is 1.25. The van der Waals surface area contributed by atoms with Crippen molar-refractivity contribution in [1.82, 2.24) is 24.1 Å². The van der Waals surface area contributed by atoms with Crippen LogP contribution in [0, 0.1) is 0 Å². The van der Waals surface area contributed by atoms with Crippen molar-refractivity contribution in [2.75, 3.05) is 0 Å². The molecule has 0 unspecified atom stereocenters. The van der Waals surface area contributed by atoms with Gasteiger partial charge in [0.1, 0.15) is 11.2 Å². The van der Waals surface area contributed by atoms with E-state index in [0.29, 0.717) is 5.39 Å². The first kappa shape index (κ1) is 19.1. The highest BCUT2D eigenvalue weighted by Crippen LogP contribution is 2.40. The lowest BCUT2D eigenvalue weighted by Crippen LogP contribution is -2.74. The van der Waals surface area contributed by atoms with Crippen molar-refractivity contribution < 1.29 is 49.7 Å². The standard InChI is InChI=1S/C63H41N5OSi/c1-4-22-43(23-5-1)70(44-24-6-2-7-25-44,45-26-8-3-9-27-45)46-28-20-21-42(39-46)61-64-62(51-33-13-18-37-57(51)67-54-34-15-10-29-47(54)48-30-11-16-35-55(48)67)66-63(65-61)68-56-36-17-12-31-49(56)52-40-53-50-32-14-19-38-59(50)69-60(53)41-58(52)68/h1-41H/i1D,2D,3D,4D,5D,6D,7D,8D,9D,10D,11D,12D,15D,16D,17D,20D,21D,22D,23D,24D,25D,26D,27D,28D,29D,30D,31D,34D,35D,36D,39D,40D,41D. The van der Waals surface area contributed by atoms with Gasteiger partial charge in [0.25, 0.3) is 0 Å². The molecule has 14 aromatic rings. The molecule has 0 saturated carbocycles. The molecule has 4 aromatic heterocycles. The molecule has 0 saturated heterocycles. The van der Waals surface area contributed by atoms with Crippen LogP contribution in [0.4, 0.5) is 0 Å². The van der Waals surface area contributed by atoms with Crippen LogP contribution in [0.3, 0.4) is 0 Å². The minimum atomic E-state index is -6.58. The predicted molar refractivity (Wildman–Crippen MR) is 290 cm³/mol. The summed E-state index contributed by atoms with van der Waals surface area (Å²) >= 11 is 0. The molecular formula is C63H41N5OSi. The number of nitrogens with zero attached hydrogens (tertiary/aromatic N) is 5. The van der Waals surface area contributed by atoms with E-state index in [1.54, 1.807) is 18.2 Å².